The Balaban J connectivity index is 1.53. The van der Waals surface area contributed by atoms with E-state index < -0.39 is 0 Å². The largest absolute Gasteiger partial charge is 0.457 e. The number of benzene rings is 2. The van der Waals surface area contributed by atoms with Gasteiger partial charge in [0.05, 0.1) is 18.8 Å². The van der Waals surface area contributed by atoms with E-state index in [0.717, 1.165) is 22.7 Å². The fourth-order valence-corrected chi connectivity index (χ4v) is 2.96. The number of carbonyl (C=O) groups excluding carboxylic acids is 1. The van der Waals surface area contributed by atoms with Crippen LogP contribution >= 0.6 is 0 Å². The number of hydrogen-bond donors (Lipinski definition) is 2. The minimum atomic E-state index is -0.273. The Labute approximate surface area is 170 Å². The van der Waals surface area contributed by atoms with Crippen LogP contribution in [0.15, 0.2) is 54.6 Å². The summed E-state index contributed by atoms with van der Waals surface area (Å²) >= 11 is 0. The number of urea groups is 1. The number of methoxy groups -OCH3 is 1. The predicted molar refractivity (Wildman–Crippen MR) is 112 cm³/mol. The van der Waals surface area contributed by atoms with Gasteiger partial charge in [-0.25, -0.2) is 4.79 Å². The monoisotopic (exact) mass is 394 g/mol. The summed E-state index contributed by atoms with van der Waals surface area (Å²) < 4.78 is 12.8. The molecule has 2 amide bonds. The smallest absolute Gasteiger partial charge is 0.319 e. The molecule has 3 aromatic rings. The van der Waals surface area contributed by atoms with Crippen molar-refractivity contribution in [2.24, 2.45) is 0 Å². The Morgan fingerprint density at radius 2 is 1.72 bits per heavy atom. The van der Waals surface area contributed by atoms with Gasteiger partial charge in [0.2, 0.25) is 0 Å². The van der Waals surface area contributed by atoms with Crippen LogP contribution < -0.4 is 15.4 Å². The highest BCUT2D eigenvalue weighted by atomic mass is 16.5. The first-order chi connectivity index (χ1) is 14.1. The Kier molecular flexibility index (Phi) is 6.86. The molecule has 0 aliphatic heterocycles. The first kappa shape index (κ1) is 20.4. The van der Waals surface area contributed by atoms with Crippen molar-refractivity contribution in [2.75, 3.05) is 19.0 Å². The Hall–Kier alpha value is -3.32. The van der Waals surface area contributed by atoms with Gasteiger partial charge in [0, 0.05) is 30.6 Å². The van der Waals surface area contributed by atoms with E-state index in [-0.39, 0.29) is 6.03 Å². The number of nitrogens with zero attached hydrogens (tertiary/aromatic N) is 2. The molecule has 7 nitrogen and oxygen atoms in total. The van der Waals surface area contributed by atoms with Crippen molar-refractivity contribution in [3.63, 3.8) is 0 Å². The topological polar surface area (TPSA) is 77.4 Å². The third-order valence-electron chi connectivity index (χ3n) is 4.56. The number of aromatic nitrogens is 2. The van der Waals surface area contributed by atoms with E-state index >= 15 is 0 Å². The summed E-state index contributed by atoms with van der Waals surface area (Å²) in [6.07, 6.45) is 0. The Bertz CT molecular complexity index is 937. The molecule has 152 valence electrons. The standard InChI is InChI=1S/C22H26N4O3/c1-16-21(17(2)26(25-16)13-14-28-3)15-23-22(27)24-18-9-11-20(12-10-18)29-19-7-5-4-6-8-19/h4-12H,13-15H2,1-3H3,(H2,23,24,27). The molecule has 2 N–H and O–H groups in total. The van der Waals surface area contributed by atoms with Crippen molar-refractivity contribution in [3.8, 4) is 11.5 Å². The molecule has 7 heteroatoms. The lowest BCUT2D eigenvalue weighted by Gasteiger charge is -2.10. The zero-order valence-electron chi connectivity index (χ0n) is 16.9. The van der Waals surface area contributed by atoms with Crippen LogP contribution in [0.4, 0.5) is 10.5 Å². The number of rotatable bonds is 8. The van der Waals surface area contributed by atoms with E-state index in [1.54, 1.807) is 19.2 Å². The molecule has 0 saturated carbocycles. The summed E-state index contributed by atoms with van der Waals surface area (Å²) in [5.74, 6) is 1.47. The second-order valence-corrected chi connectivity index (χ2v) is 6.61. The average molecular weight is 394 g/mol. The van der Waals surface area contributed by atoms with Gasteiger partial charge in [-0.2, -0.15) is 5.10 Å². The van der Waals surface area contributed by atoms with Gasteiger partial charge in [-0.15, -0.1) is 0 Å². The molecule has 0 aliphatic rings. The van der Waals surface area contributed by atoms with Crippen molar-refractivity contribution in [1.29, 1.82) is 0 Å². The average Bonchev–Trinajstić information content (AvgIpc) is 3.00. The van der Waals surface area contributed by atoms with Crippen LogP contribution in [0, 0.1) is 13.8 Å². The lowest BCUT2D eigenvalue weighted by Crippen LogP contribution is -2.28. The maximum absolute atomic E-state index is 12.3. The van der Waals surface area contributed by atoms with E-state index in [1.165, 1.54) is 0 Å². The van der Waals surface area contributed by atoms with Crippen LogP contribution in [0.3, 0.4) is 0 Å². The quantitative estimate of drug-likeness (QED) is 0.598. The summed E-state index contributed by atoms with van der Waals surface area (Å²) in [7, 11) is 1.67. The molecule has 0 fully saturated rings. The molecule has 0 unspecified atom stereocenters. The van der Waals surface area contributed by atoms with Crippen LogP contribution in [0.1, 0.15) is 17.0 Å². The number of ether oxygens (including phenoxy) is 2. The number of carbonyl (C=O) groups is 1. The fraction of sp³-hybridized carbons (Fsp3) is 0.273. The SMILES string of the molecule is COCCn1nc(C)c(CNC(=O)Nc2ccc(Oc3ccccc3)cc2)c1C. The lowest BCUT2D eigenvalue weighted by atomic mass is 10.2. The van der Waals surface area contributed by atoms with Crippen LogP contribution in [0.25, 0.3) is 0 Å². The van der Waals surface area contributed by atoms with E-state index in [0.29, 0.717) is 31.1 Å². The third kappa shape index (κ3) is 5.58. The maximum Gasteiger partial charge on any atom is 0.319 e. The Morgan fingerprint density at radius 1 is 1.03 bits per heavy atom. The first-order valence-electron chi connectivity index (χ1n) is 9.46. The summed E-state index contributed by atoms with van der Waals surface area (Å²) in [6, 6.07) is 16.5. The highest BCUT2D eigenvalue weighted by molar-refractivity contribution is 5.89. The van der Waals surface area contributed by atoms with Gasteiger partial charge >= 0.3 is 6.03 Å². The minimum Gasteiger partial charge on any atom is -0.457 e. The molecule has 3 rings (SSSR count). The molecule has 0 aliphatic carbocycles. The minimum absolute atomic E-state index is 0.273. The van der Waals surface area contributed by atoms with Gasteiger partial charge in [0.1, 0.15) is 11.5 Å². The number of anilines is 1. The van der Waals surface area contributed by atoms with Gasteiger partial charge in [0.25, 0.3) is 0 Å². The number of para-hydroxylation sites is 1. The highest BCUT2D eigenvalue weighted by Crippen LogP contribution is 2.22. The molecule has 0 atom stereocenters. The van der Waals surface area contributed by atoms with Gasteiger partial charge in [-0.05, 0) is 50.2 Å². The van der Waals surface area contributed by atoms with Gasteiger partial charge in [-0.1, -0.05) is 18.2 Å². The van der Waals surface area contributed by atoms with Crippen molar-refractivity contribution in [2.45, 2.75) is 26.9 Å². The van der Waals surface area contributed by atoms with E-state index in [2.05, 4.69) is 15.7 Å². The second-order valence-electron chi connectivity index (χ2n) is 6.61. The molecule has 0 saturated heterocycles. The molecule has 1 aromatic heterocycles. The molecular weight excluding hydrogens is 368 g/mol. The number of aryl methyl sites for hydroxylation is 1. The molecule has 0 bridgehead atoms. The second kappa shape index (κ2) is 9.75. The summed E-state index contributed by atoms with van der Waals surface area (Å²) in [4.78, 5) is 12.3. The van der Waals surface area contributed by atoms with Crippen molar-refractivity contribution in [1.82, 2.24) is 15.1 Å². The molecular formula is C22H26N4O3. The van der Waals surface area contributed by atoms with Crippen molar-refractivity contribution < 1.29 is 14.3 Å². The number of nitrogens with one attached hydrogen (secondary N) is 2. The van der Waals surface area contributed by atoms with E-state index in [9.17, 15) is 4.79 Å². The van der Waals surface area contributed by atoms with Gasteiger partial charge in [-0.3, -0.25) is 4.68 Å². The molecule has 0 radical (unpaired) electrons. The van der Waals surface area contributed by atoms with Crippen molar-refractivity contribution >= 4 is 11.7 Å². The van der Waals surface area contributed by atoms with Crippen LogP contribution in [-0.2, 0) is 17.8 Å². The first-order valence-corrected chi connectivity index (χ1v) is 9.46. The van der Waals surface area contributed by atoms with Crippen LogP contribution in [0.2, 0.25) is 0 Å². The maximum atomic E-state index is 12.3. The van der Waals surface area contributed by atoms with Gasteiger partial charge < -0.3 is 20.1 Å². The molecule has 0 spiro atoms. The van der Waals surface area contributed by atoms with Crippen molar-refractivity contribution in [3.05, 3.63) is 71.5 Å². The van der Waals surface area contributed by atoms with Gasteiger partial charge in [0.15, 0.2) is 0 Å². The zero-order chi connectivity index (χ0) is 20.6. The van der Waals surface area contributed by atoms with Crippen LogP contribution in [-0.4, -0.2) is 29.5 Å². The third-order valence-corrected chi connectivity index (χ3v) is 4.56. The molecule has 29 heavy (non-hydrogen) atoms. The van der Waals surface area contributed by atoms with Crippen LogP contribution in [0.5, 0.6) is 11.5 Å². The number of amides is 2. The normalized spacial score (nSPS) is 10.6. The summed E-state index contributed by atoms with van der Waals surface area (Å²) in [5, 5.41) is 10.2. The fourth-order valence-electron chi connectivity index (χ4n) is 2.96. The van der Waals surface area contributed by atoms with E-state index in [4.69, 9.17) is 9.47 Å². The highest BCUT2D eigenvalue weighted by Gasteiger charge is 2.12. The van der Waals surface area contributed by atoms with E-state index in [1.807, 2.05) is 61.0 Å². The summed E-state index contributed by atoms with van der Waals surface area (Å²) in [6.45, 7) is 5.63. The molecule has 1 heterocycles. The summed E-state index contributed by atoms with van der Waals surface area (Å²) in [5.41, 5.74) is 3.64. The zero-order valence-corrected chi connectivity index (χ0v) is 16.9. The molecule has 2 aromatic carbocycles. The lowest BCUT2D eigenvalue weighted by molar-refractivity contribution is 0.182. The predicted octanol–water partition coefficient (Wildman–Crippen LogP) is 4.26. The Morgan fingerprint density at radius 3 is 2.41 bits per heavy atom. The number of hydrogen-bond acceptors (Lipinski definition) is 4.